The number of hydrogen-bond acceptors (Lipinski definition) is 3. The Hall–Kier alpha value is -0.610. The summed E-state index contributed by atoms with van der Waals surface area (Å²) in [6, 6.07) is 0. The summed E-state index contributed by atoms with van der Waals surface area (Å²) in [6.45, 7) is 11.2. The van der Waals surface area contributed by atoms with E-state index in [1.54, 1.807) is 0 Å². The van der Waals surface area contributed by atoms with E-state index in [9.17, 15) is 4.79 Å². The van der Waals surface area contributed by atoms with Crippen LogP contribution in [0.1, 0.15) is 48.0 Å². The summed E-state index contributed by atoms with van der Waals surface area (Å²) < 4.78 is 0. The summed E-state index contributed by atoms with van der Waals surface area (Å²) in [5.41, 5.74) is 4.34. The summed E-state index contributed by atoms with van der Waals surface area (Å²) in [6.07, 6.45) is 0.528. The first-order chi connectivity index (χ1) is 6.94. The molecule has 0 bridgehead atoms. The van der Waals surface area contributed by atoms with E-state index in [0.717, 1.165) is 0 Å². The van der Waals surface area contributed by atoms with Crippen LogP contribution >= 0.6 is 0 Å². The predicted octanol–water partition coefficient (Wildman–Crippen LogP) is 1.03. The molecule has 0 saturated heterocycles. The van der Waals surface area contributed by atoms with Crippen LogP contribution in [0.15, 0.2) is 0 Å². The molecule has 0 aromatic carbocycles. The zero-order valence-electron chi connectivity index (χ0n) is 11.3. The molecular formula is C12H26N2O2. The third-order valence-electron chi connectivity index (χ3n) is 3.37. The van der Waals surface area contributed by atoms with Crippen molar-refractivity contribution in [2.45, 2.75) is 59.0 Å². The zero-order chi connectivity index (χ0) is 13.2. The zero-order valence-corrected chi connectivity index (χ0v) is 11.3. The van der Waals surface area contributed by atoms with Crippen molar-refractivity contribution in [3.8, 4) is 0 Å². The number of carbonyl (C=O) groups excluding carboxylic acids is 1. The molecule has 0 aliphatic heterocycles. The van der Waals surface area contributed by atoms with Crippen LogP contribution in [-0.4, -0.2) is 28.7 Å². The molecule has 96 valence electrons. The molecule has 0 unspecified atom stereocenters. The van der Waals surface area contributed by atoms with Gasteiger partial charge in [-0.1, -0.05) is 0 Å². The average Bonchev–Trinajstić information content (AvgIpc) is 2.00. The van der Waals surface area contributed by atoms with Crippen molar-refractivity contribution in [2.75, 3.05) is 6.61 Å². The number of hydrogen-bond donors (Lipinski definition) is 3. The molecule has 4 N–H and O–H groups in total. The average molecular weight is 230 g/mol. The van der Waals surface area contributed by atoms with Crippen LogP contribution in [0.25, 0.3) is 0 Å². The van der Waals surface area contributed by atoms with E-state index < -0.39 is 16.5 Å². The first-order valence-electron chi connectivity index (χ1n) is 5.66. The molecule has 0 radical (unpaired) electrons. The molecule has 0 aliphatic rings. The summed E-state index contributed by atoms with van der Waals surface area (Å²) in [5.74, 6) is -0.0848. The van der Waals surface area contributed by atoms with Crippen LogP contribution in [-0.2, 0) is 4.79 Å². The van der Waals surface area contributed by atoms with Gasteiger partial charge in [-0.2, -0.15) is 0 Å². The Morgan fingerprint density at radius 2 is 1.62 bits per heavy atom. The molecule has 0 saturated carbocycles. The van der Waals surface area contributed by atoms with E-state index in [1.165, 1.54) is 0 Å². The van der Waals surface area contributed by atoms with E-state index in [4.69, 9.17) is 10.8 Å². The van der Waals surface area contributed by atoms with Crippen LogP contribution in [0.4, 0.5) is 0 Å². The van der Waals surface area contributed by atoms with Crippen molar-refractivity contribution in [3.05, 3.63) is 0 Å². The standard InChI is InChI=1S/C12H26N2O2/c1-10(2,7-8-15)14-9(16)11(3,4)12(5,6)13/h15H,7-8,13H2,1-6H3,(H,14,16). The lowest BCUT2D eigenvalue weighted by Crippen LogP contribution is -2.59. The summed E-state index contributed by atoms with van der Waals surface area (Å²) in [7, 11) is 0. The van der Waals surface area contributed by atoms with Crippen molar-refractivity contribution in [1.29, 1.82) is 0 Å². The fraction of sp³-hybridized carbons (Fsp3) is 0.917. The highest BCUT2D eigenvalue weighted by molar-refractivity contribution is 5.83. The Balaban J connectivity index is 4.71. The maximum atomic E-state index is 12.1. The predicted molar refractivity (Wildman–Crippen MR) is 66.0 cm³/mol. The van der Waals surface area contributed by atoms with Gasteiger partial charge in [0.2, 0.25) is 5.91 Å². The smallest absolute Gasteiger partial charge is 0.227 e. The van der Waals surface area contributed by atoms with Crippen molar-refractivity contribution < 1.29 is 9.90 Å². The lowest BCUT2D eigenvalue weighted by atomic mass is 9.74. The molecular weight excluding hydrogens is 204 g/mol. The van der Waals surface area contributed by atoms with Crippen LogP contribution in [0.5, 0.6) is 0 Å². The van der Waals surface area contributed by atoms with Gasteiger partial charge < -0.3 is 16.2 Å². The second-order valence-corrected chi connectivity index (χ2v) is 6.16. The minimum Gasteiger partial charge on any atom is -0.396 e. The Morgan fingerprint density at radius 3 is 1.94 bits per heavy atom. The first-order valence-corrected chi connectivity index (χ1v) is 5.66. The second kappa shape index (κ2) is 4.72. The minimum atomic E-state index is -0.653. The fourth-order valence-corrected chi connectivity index (χ4v) is 1.10. The maximum Gasteiger partial charge on any atom is 0.227 e. The van der Waals surface area contributed by atoms with Gasteiger partial charge in [-0.3, -0.25) is 4.79 Å². The number of aliphatic hydroxyl groups is 1. The van der Waals surface area contributed by atoms with Gasteiger partial charge in [0.1, 0.15) is 0 Å². The highest BCUT2D eigenvalue weighted by atomic mass is 16.3. The molecule has 1 amide bonds. The molecule has 0 aliphatic carbocycles. The fourth-order valence-electron chi connectivity index (χ4n) is 1.10. The largest absolute Gasteiger partial charge is 0.396 e. The van der Waals surface area contributed by atoms with Gasteiger partial charge in [-0.25, -0.2) is 0 Å². The summed E-state index contributed by atoms with van der Waals surface area (Å²) >= 11 is 0. The Labute approximate surface area is 98.6 Å². The highest BCUT2D eigenvalue weighted by Gasteiger charge is 2.41. The third kappa shape index (κ3) is 3.76. The molecule has 0 atom stereocenters. The summed E-state index contributed by atoms with van der Waals surface area (Å²) in [4.78, 5) is 12.1. The van der Waals surface area contributed by atoms with Gasteiger partial charge in [0.15, 0.2) is 0 Å². The molecule has 0 rings (SSSR count). The topological polar surface area (TPSA) is 75.3 Å². The van der Waals surface area contributed by atoms with Gasteiger partial charge in [0.05, 0.1) is 5.41 Å². The molecule has 4 heteroatoms. The lowest BCUT2D eigenvalue weighted by molar-refractivity contribution is -0.134. The van der Waals surface area contributed by atoms with E-state index >= 15 is 0 Å². The Bertz CT molecular complexity index is 252. The Kier molecular flexibility index (Phi) is 4.54. The van der Waals surface area contributed by atoms with Crippen molar-refractivity contribution in [3.63, 3.8) is 0 Å². The van der Waals surface area contributed by atoms with Crippen LogP contribution in [0.2, 0.25) is 0 Å². The number of aliphatic hydroxyl groups excluding tert-OH is 1. The van der Waals surface area contributed by atoms with E-state index in [-0.39, 0.29) is 12.5 Å². The number of rotatable bonds is 5. The normalized spacial score (nSPS) is 13.8. The highest BCUT2D eigenvalue weighted by Crippen LogP contribution is 2.29. The number of amides is 1. The maximum absolute atomic E-state index is 12.1. The van der Waals surface area contributed by atoms with Gasteiger partial charge in [-0.05, 0) is 48.0 Å². The number of nitrogens with one attached hydrogen (secondary N) is 1. The van der Waals surface area contributed by atoms with E-state index in [0.29, 0.717) is 6.42 Å². The number of carbonyl (C=O) groups is 1. The summed E-state index contributed by atoms with van der Waals surface area (Å²) in [5, 5.41) is 11.8. The Morgan fingerprint density at radius 1 is 1.19 bits per heavy atom. The number of nitrogens with two attached hydrogens (primary N) is 1. The minimum absolute atomic E-state index is 0.0553. The third-order valence-corrected chi connectivity index (χ3v) is 3.37. The van der Waals surface area contributed by atoms with Crippen LogP contribution < -0.4 is 11.1 Å². The van der Waals surface area contributed by atoms with Crippen LogP contribution in [0.3, 0.4) is 0 Å². The first kappa shape index (κ1) is 15.4. The quantitative estimate of drug-likeness (QED) is 0.660. The molecule has 0 aromatic rings. The van der Waals surface area contributed by atoms with Gasteiger partial charge in [0.25, 0.3) is 0 Å². The van der Waals surface area contributed by atoms with Crippen molar-refractivity contribution in [1.82, 2.24) is 5.32 Å². The van der Waals surface area contributed by atoms with Gasteiger partial charge in [-0.15, -0.1) is 0 Å². The van der Waals surface area contributed by atoms with Gasteiger partial charge >= 0.3 is 0 Å². The molecule has 0 fully saturated rings. The van der Waals surface area contributed by atoms with Crippen molar-refractivity contribution >= 4 is 5.91 Å². The van der Waals surface area contributed by atoms with E-state index in [2.05, 4.69) is 5.32 Å². The molecule has 4 nitrogen and oxygen atoms in total. The second-order valence-electron chi connectivity index (χ2n) is 6.16. The van der Waals surface area contributed by atoms with E-state index in [1.807, 2.05) is 41.5 Å². The molecule has 0 heterocycles. The SMILES string of the molecule is CC(C)(CCO)NC(=O)C(C)(C)C(C)(C)N. The van der Waals surface area contributed by atoms with Crippen molar-refractivity contribution in [2.24, 2.45) is 11.1 Å². The molecule has 0 spiro atoms. The molecule has 0 aromatic heterocycles. The monoisotopic (exact) mass is 230 g/mol. The van der Waals surface area contributed by atoms with Crippen LogP contribution in [0, 0.1) is 5.41 Å². The lowest BCUT2D eigenvalue weighted by Gasteiger charge is -2.39. The molecule has 16 heavy (non-hydrogen) atoms. The van der Waals surface area contributed by atoms with Gasteiger partial charge in [0, 0.05) is 17.7 Å².